The summed E-state index contributed by atoms with van der Waals surface area (Å²) in [6.07, 6.45) is 0. The highest BCUT2D eigenvalue weighted by molar-refractivity contribution is 6.30. The van der Waals surface area contributed by atoms with Crippen molar-refractivity contribution in [1.82, 2.24) is 9.97 Å². The van der Waals surface area contributed by atoms with Gasteiger partial charge in [-0.1, -0.05) is 11.6 Å². The topological polar surface area (TPSA) is 49.8 Å². The number of hydrogen-bond donors (Lipinski definition) is 2. The summed E-state index contributed by atoms with van der Waals surface area (Å²) in [6.45, 7) is 8.23. The molecule has 0 bridgehead atoms. The van der Waals surface area contributed by atoms with Gasteiger partial charge in [0, 0.05) is 28.0 Å². The first-order valence-electron chi connectivity index (χ1n) is 6.48. The Labute approximate surface area is 124 Å². The second kappa shape index (κ2) is 5.67. The van der Waals surface area contributed by atoms with E-state index in [-0.39, 0.29) is 5.54 Å². The maximum Gasteiger partial charge on any atom is 0.229 e. The molecule has 20 heavy (non-hydrogen) atoms. The van der Waals surface area contributed by atoms with E-state index >= 15 is 0 Å². The maximum atomic E-state index is 5.87. The lowest BCUT2D eigenvalue weighted by Crippen LogP contribution is -2.27. The number of nitrogens with zero attached hydrogens (tertiary/aromatic N) is 2. The Morgan fingerprint density at radius 1 is 1.05 bits per heavy atom. The van der Waals surface area contributed by atoms with Gasteiger partial charge >= 0.3 is 0 Å². The number of aromatic nitrogens is 2. The van der Waals surface area contributed by atoms with Crippen molar-refractivity contribution in [3.63, 3.8) is 0 Å². The van der Waals surface area contributed by atoms with Crippen molar-refractivity contribution >= 4 is 29.1 Å². The first kappa shape index (κ1) is 14.6. The molecule has 0 aliphatic rings. The number of hydrogen-bond acceptors (Lipinski definition) is 4. The van der Waals surface area contributed by atoms with Crippen LogP contribution in [0.5, 0.6) is 0 Å². The van der Waals surface area contributed by atoms with Gasteiger partial charge in [-0.3, -0.25) is 0 Å². The maximum absolute atomic E-state index is 5.87. The van der Waals surface area contributed by atoms with Gasteiger partial charge in [-0.2, -0.15) is 4.98 Å². The van der Waals surface area contributed by atoms with Gasteiger partial charge in [0.15, 0.2) is 0 Å². The normalized spacial score (nSPS) is 11.2. The van der Waals surface area contributed by atoms with Gasteiger partial charge in [-0.25, -0.2) is 4.98 Å². The number of rotatable bonds is 3. The highest BCUT2D eigenvalue weighted by Crippen LogP contribution is 2.19. The lowest BCUT2D eigenvalue weighted by molar-refractivity contribution is 0.630. The molecule has 0 fully saturated rings. The number of anilines is 3. The molecule has 1 heterocycles. The molecular weight excluding hydrogens is 272 g/mol. The van der Waals surface area contributed by atoms with Crippen LogP contribution in [0.1, 0.15) is 26.5 Å². The molecule has 2 N–H and O–H groups in total. The molecule has 2 aromatic rings. The van der Waals surface area contributed by atoms with Crippen LogP contribution in [0, 0.1) is 6.92 Å². The van der Waals surface area contributed by atoms with E-state index in [0.29, 0.717) is 11.0 Å². The van der Waals surface area contributed by atoms with Gasteiger partial charge < -0.3 is 10.6 Å². The SMILES string of the molecule is Cc1cc(NC(C)(C)C)nc(Nc2ccc(Cl)cc2)n1. The summed E-state index contributed by atoms with van der Waals surface area (Å²) in [5.41, 5.74) is 1.77. The summed E-state index contributed by atoms with van der Waals surface area (Å²) >= 11 is 5.87. The molecule has 5 heteroatoms. The van der Waals surface area contributed by atoms with E-state index in [1.54, 1.807) is 0 Å². The van der Waals surface area contributed by atoms with Gasteiger partial charge in [-0.05, 0) is 52.0 Å². The molecule has 0 spiro atoms. The molecule has 0 aliphatic carbocycles. The summed E-state index contributed by atoms with van der Waals surface area (Å²) in [6, 6.07) is 9.37. The number of nitrogens with one attached hydrogen (secondary N) is 2. The minimum absolute atomic E-state index is 0.0433. The van der Waals surface area contributed by atoms with Crippen molar-refractivity contribution in [2.45, 2.75) is 33.2 Å². The highest BCUT2D eigenvalue weighted by atomic mass is 35.5. The molecule has 0 unspecified atom stereocenters. The summed E-state index contributed by atoms with van der Waals surface area (Å²) in [5, 5.41) is 7.23. The van der Waals surface area contributed by atoms with E-state index < -0.39 is 0 Å². The zero-order valence-corrected chi connectivity index (χ0v) is 12.9. The summed E-state index contributed by atoms with van der Waals surface area (Å²) in [4.78, 5) is 8.86. The third-order valence-electron chi connectivity index (χ3n) is 2.46. The Morgan fingerprint density at radius 2 is 1.70 bits per heavy atom. The minimum Gasteiger partial charge on any atom is -0.365 e. The fourth-order valence-corrected chi connectivity index (χ4v) is 1.86. The first-order chi connectivity index (χ1) is 9.32. The number of halogens is 1. The zero-order valence-electron chi connectivity index (χ0n) is 12.2. The van der Waals surface area contributed by atoms with Gasteiger partial charge in [0.05, 0.1) is 0 Å². The molecule has 1 aromatic carbocycles. The van der Waals surface area contributed by atoms with E-state index in [1.165, 1.54) is 0 Å². The van der Waals surface area contributed by atoms with Gasteiger partial charge in [0.2, 0.25) is 5.95 Å². The molecule has 106 valence electrons. The molecular formula is C15H19ClN4. The van der Waals surface area contributed by atoms with Crippen molar-refractivity contribution in [3.05, 3.63) is 41.0 Å². The second-order valence-electron chi connectivity index (χ2n) is 5.73. The standard InChI is InChI=1S/C15H19ClN4/c1-10-9-13(20-15(2,3)4)19-14(17-10)18-12-7-5-11(16)6-8-12/h5-9H,1-4H3,(H2,17,18,19,20). The smallest absolute Gasteiger partial charge is 0.229 e. The van der Waals surface area contributed by atoms with Crippen molar-refractivity contribution in [2.75, 3.05) is 10.6 Å². The minimum atomic E-state index is -0.0433. The van der Waals surface area contributed by atoms with E-state index in [1.807, 2.05) is 37.3 Å². The summed E-state index contributed by atoms with van der Waals surface area (Å²) in [7, 11) is 0. The third kappa shape index (κ3) is 4.38. The Hall–Kier alpha value is -1.81. The molecule has 0 amide bonds. The quantitative estimate of drug-likeness (QED) is 0.880. The van der Waals surface area contributed by atoms with E-state index in [2.05, 4.69) is 41.4 Å². The van der Waals surface area contributed by atoms with Crippen LogP contribution in [-0.4, -0.2) is 15.5 Å². The van der Waals surface area contributed by atoms with Gasteiger partial charge in [0.1, 0.15) is 5.82 Å². The Kier molecular flexibility index (Phi) is 4.14. The summed E-state index contributed by atoms with van der Waals surface area (Å²) < 4.78 is 0. The molecule has 4 nitrogen and oxygen atoms in total. The predicted molar refractivity (Wildman–Crippen MR) is 84.9 cm³/mol. The monoisotopic (exact) mass is 290 g/mol. The Bertz CT molecular complexity index is 588. The van der Waals surface area contributed by atoms with Crippen LogP contribution in [0.3, 0.4) is 0 Å². The number of aryl methyl sites for hydroxylation is 1. The van der Waals surface area contributed by atoms with Crippen molar-refractivity contribution in [2.24, 2.45) is 0 Å². The van der Waals surface area contributed by atoms with Crippen LogP contribution in [-0.2, 0) is 0 Å². The molecule has 0 radical (unpaired) electrons. The molecule has 2 rings (SSSR count). The van der Waals surface area contributed by atoms with E-state index in [9.17, 15) is 0 Å². The summed E-state index contributed by atoms with van der Waals surface area (Å²) in [5.74, 6) is 1.38. The van der Waals surface area contributed by atoms with Gasteiger partial charge in [-0.15, -0.1) is 0 Å². The molecule has 0 atom stereocenters. The van der Waals surface area contributed by atoms with Crippen LogP contribution < -0.4 is 10.6 Å². The van der Waals surface area contributed by atoms with Crippen molar-refractivity contribution in [1.29, 1.82) is 0 Å². The van der Waals surface area contributed by atoms with Crippen molar-refractivity contribution in [3.8, 4) is 0 Å². The largest absolute Gasteiger partial charge is 0.365 e. The fraction of sp³-hybridized carbons (Fsp3) is 0.333. The van der Waals surface area contributed by atoms with Crippen molar-refractivity contribution < 1.29 is 0 Å². The molecule has 1 aromatic heterocycles. The van der Waals surface area contributed by atoms with Crippen LogP contribution in [0.2, 0.25) is 5.02 Å². The van der Waals surface area contributed by atoms with Crippen LogP contribution in [0.25, 0.3) is 0 Å². The van der Waals surface area contributed by atoms with Gasteiger partial charge in [0.25, 0.3) is 0 Å². The molecule has 0 saturated heterocycles. The molecule has 0 aliphatic heterocycles. The molecule has 0 saturated carbocycles. The number of benzene rings is 1. The zero-order chi connectivity index (χ0) is 14.8. The lowest BCUT2D eigenvalue weighted by Gasteiger charge is -2.21. The second-order valence-corrected chi connectivity index (χ2v) is 6.16. The highest BCUT2D eigenvalue weighted by Gasteiger charge is 2.11. The van der Waals surface area contributed by atoms with Crippen LogP contribution >= 0.6 is 11.6 Å². The van der Waals surface area contributed by atoms with E-state index in [4.69, 9.17) is 11.6 Å². The first-order valence-corrected chi connectivity index (χ1v) is 6.86. The average molecular weight is 291 g/mol. The fourth-order valence-electron chi connectivity index (χ4n) is 1.74. The van der Waals surface area contributed by atoms with Crippen LogP contribution in [0.15, 0.2) is 30.3 Å². The average Bonchev–Trinajstić information content (AvgIpc) is 2.29. The Morgan fingerprint density at radius 3 is 2.30 bits per heavy atom. The van der Waals surface area contributed by atoms with E-state index in [0.717, 1.165) is 17.2 Å². The Balaban J connectivity index is 2.21. The lowest BCUT2D eigenvalue weighted by atomic mass is 10.1. The van der Waals surface area contributed by atoms with Crippen LogP contribution in [0.4, 0.5) is 17.5 Å². The third-order valence-corrected chi connectivity index (χ3v) is 2.71. The predicted octanol–water partition coefficient (Wildman–Crippen LogP) is 4.39.